The molecular weight excluding hydrogens is 316 g/mol. The maximum Gasteiger partial charge on any atom is 0.441 e. The fourth-order valence-corrected chi connectivity index (χ4v) is 3.27. The van der Waals surface area contributed by atoms with Gasteiger partial charge in [-0.25, -0.2) is 0 Å². The molecule has 0 aromatic heterocycles. The highest BCUT2D eigenvalue weighted by Gasteiger charge is 2.33. The van der Waals surface area contributed by atoms with Crippen molar-refractivity contribution in [2.75, 3.05) is 17.5 Å². The van der Waals surface area contributed by atoms with Gasteiger partial charge in [-0.05, 0) is 18.4 Å². The Balaban J connectivity index is 2.63. The Morgan fingerprint density at radius 3 is 2.05 bits per heavy atom. The monoisotopic (exact) mass is 330 g/mol. The fraction of sp³-hybridized carbons (Fsp3) is 0.538. The zero-order chi connectivity index (χ0) is 14.4. The van der Waals surface area contributed by atoms with E-state index >= 15 is 0 Å². The van der Waals surface area contributed by atoms with Crippen molar-refractivity contribution >= 4 is 35.0 Å². The quantitative estimate of drug-likeness (QED) is 0.608. The number of thioether (sulfide) groups is 1. The highest BCUT2D eigenvalue weighted by Crippen LogP contribution is 2.36. The molecule has 0 aliphatic heterocycles. The Kier molecular flexibility index (Phi) is 6.84. The van der Waals surface area contributed by atoms with Crippen molar-refractivity contribution in [3.63, 3.8) is 0 Å². The first-order valence-corrected chi connectivity index (χ1v) is 7.83. The van der Waals surface area contributed by atoms with Crippen LogP contribution in [0.4, 0.5) is 13.2 Å². The summed E-state index contributed by atoms with van der Waals surface area (Å²) in [5, 5.41) is 0. The van der Waals surface area contributed by atoms with Gasteiger partial charge in [-0.2, -0.15) is 13.2 Å². The third kappa shape index (κ3) is 6.28. The van der Waals surface area contributed by atoms with E-state index in [-0.39, 0.29) is 29.3 Å². The van der Waals surface area contributed by atoms with Gasteiger partial charge in [-0.3, -0.25) is 0 Å². The lowest BCUT2D eigenvalue weighted by Gasteiger charge is -2.29. The molecule has 0 atom stereocenters. The highest BCUT2D eigenvalue weighted by molar-refractivity contribution is 8.00. The van der Waals surface area contributed by atoms with E-state index in [1.54, 1.807) is 0 Å². The first-order chi connectivity index (χ1) is 8.91. The summed E-state index contributed by atoms with van der Waals surface area (Å²) in [7, 11) is 0. The average Bonchev–Trinajstić information content (AvgIpc) is 2.37. The van der Waals surface area contributed by atoms with Gasteiger partial charge in [0.2, 0.25) is 0 Å². The second kappa shape index (κ2) is 7.65. The molecule has 19 heavy (non-hydrogen) atoms. The molecule has 0 fully saturated rings. The molecule has 0 unspecified atom stereocenters. The van der Waals surface area contributed by atoms with Crippen molar-refractivity contribution < 1.29 is 13.2 Å². The Morgan fingerprint density at radius 1 is 1.00 bits per heavy atom. The van der Waals surface area contributed by atoms with E-state index in [1.807, 2.05) is 30.3 Å². The lowest BCUT2D eigenvalue weighted by Crippen LogP contribution is -2.29. The maximum atomic E-state index is 12.2. The predicted molar refractivity (Wildman–Crippen MR) is 77.1 cm³/mol. The van der Waals surface area contributed by atoms with Crippen LogP contribution in [0, 0.1) is 5.41 Å². The van der Waals surface area contributed by atoms with Crippen LogP contribution < -0.4 is 0 Å². The molecule has 6 heteroatoms. The summed E-state index contributed by atoms with van der Waals surface area (Å²) in [4.78, 5) is 0. The topological polar surface area (TPSA) is 0 Å². The van der Waals surface area contributed by atoms with Crippen LogP contribution in [-0.2, 0) is 6.42 Å². The van der Waals surface area contributed by atoms with Gasteiger partial charge in [-0.15, -0.1) is 23.2 Å². The fourth-order valence-electron chi connectivity index (χ4n) is 1.76. The molecule has 0 nitrogen and oxygen atoms in total. The maximum absolute atomic E-state index is 12.2. The Labute approximate surface area is 125 Å². The molecule has 0 N–H and O–H groups in total. The van der Waals surface area contributed by atoms with Gasteiger partial charge in [0.1, 0.15) is 0 Å². The van der Waals surface area contributed by atoms with E-state index in [0.29, 0.717) is 12.8 Å². The van der Waals surface area contributed by atoms with Crippen LogP contribution >= 0.6 is 35.0 Å². The highest BCUT2D eigenvalue weighted by atomic mass is 35.5. The molecule has 0 aliphatic rings. The minimum atomic E-state index is -4.20. The molecule has 0 spiro atoms. The molecule has 1 aromatic carbocycles. The molecule has 1 aromatic rings. The van der Waals surface area contributed by atoms with Gasteiger partial charge < -0.3 is 0 Å². The molecule has 0 aliphatic carbocycles. The summed E-state index contributed by atoms with van der Waals surface area (Å²) in [5.41, 5.74) is -3.64. The van der Waals surface area contributed by atoms with Crippen molar-refractivity contribution in [2.24, 2.45) is 5.41 Å². The minimum Gasteiger partial charge on any atom is -0.160 e. The SMILES string of the molecule is FC(F)(F)SCCC(CCl)(CCl)Cc1ccccc1. The largest absolute Gasteiger partial charge is 0.441 e. The van der Waals surface area contributed by atoms with Crippen molar-refractivity contribution in [3.05, 3.63) is 35.9 Å². The van der Waals surface area contributed by atoms with Gasteiger partial charge in [0.05, 0.1) is 0 Å². The molecule has 0 heterocycles. The summed E-state index contributed by atoms with van der Waals surface area (Å²) in [5.74, 6) is 0.489. The van der Waals surface area contributed by atoms with E-state index in [2.05, 4.69) is 0 Å². The Hall–Kier alpha value is -0.0600. The zero-order valence-corrected chi connectivity index (χ0v) is 12.5. The predicted octanol–water partition coefficient (Wildman–Crippen LogP) is 5.34. The number of halogens is 5. The summed E-state index contributed by atoms with van der Waals surface area (Å²) in [6, 6.07) is 9.56. The number of alkyl halides is 5. The van der Waals surface area contributed by atoms with Gasteiger partial charge in [0.25, 0.3) is 0 Å². The van der Waals surface area contributed by atoms with Crippen molar-refractivity contribution in [2.45, 2.75) is 18.3 Å². The summed E-state index contributed by atoms with van der Waals surface area (Å²) >= 11 is 11.9. The number of hydrogen-bond donors (Lipinski definition) is 0. The second-order valence-electron chi connectivity index (χ2n) is 4.47. The van der Waals surface area contributed by atoms with E-state index in [0.717, 1.165) is 5.56 Å². The van der Waals surface area contributed by atoms with Crippen LogP contribution in [0.2, 0.25) is 0 Å². The number of rotatable bonds is 7. The van der Waals surface area contributed by atoms with Crippen LogP contribution in [0.1, 0.15) is 12.0 Å². The summed E-state index contributed by atoms with van der Waals surface area (Å²) < 4.78 is 36.5. The normalized spacial score (nSPS) is 12.7. The van der Waals surface area contributed by atoms with Crippen LogP contribution in [0.15, 0.2) is 30.3 Å². The molecule has 0 saturated heterocycles. The molecule has 0 radical (unpaired) electrons. The second-order valence-corrected chi connectivity index (χ2v) is 6.17. The van der Waals surface area contributed by atoms with Crippen molar-refractivity contribution in [1.29, 1.82) is 0 Å². The molecule has 1 rings (SSSR count). The van der Waals surface area contributed by atoms with E-state index in [9.17, 15) is 13.2 Å². The van der Waals surface area contributed by atoms with Gasteiger partial charge in [-0.1, -0.05) is 42.1 Å². The van der Waals surface area contributed by atoms with E-state index in [4.69, 9.17) is 23.2 Å². The summed E-state index contributed by atoms with van der Waals surface area (Å²) in [6.07, 6.45) is 0.943. The first kappa shape index (κ1) is 17.0. The van der Waals surface area contributed by atoms with Gasteiger partial charge in [0.15, 0.2) is 0 Å². The van der Waals surface area contributed by atoms with Crippen molar-refractivity contribution in [1.82, 2.24) is 0 Å². The Bertz CT molecular complexity index is 364. The smallest absolute Gasteiger partial charge is 0.160 e. The zero-order valence-electron chi connectivity index (χ0n) is 10.2. The van der Waals surface area contributed by atoms with Crippen LogP contribution in [0.3, 0.4) is 0 Å². The van der Waals surface area contributed by atoms with Crippen LogP contribution in [-0.4, -0.2) is 23.0 Å². The van der Waals surface area contributed by atoms with Gasteiger partial charge >= 0.3 is 5.51 Å². The molecule has 0 amide bonds. The lowest BCUT2D eigenvalue weighted by molar-refractivity contribution is -0.0328. The van der Waals surface area contributed by atoms with E-state index in [1.165, 1.54) is 0 Å². The average molecular weight is 331 g/mol. The molecule has 0 bridgehead atoms. The third-order valence-electron chi connectivity index (χ3n) is 2.89. The van der Waals surface area contributed by atoms with Crippen molar-refractivity contribution in [3.8, 4) is 0 Å². The van der Waals surface area contributed by atoms with Crippen LogP contribution in [0.5, 0.6) is 0 Å². The lowest BCUT2D eigenvalue weighted by atomic mass is 9.83. The first-order valence-electron chi connectivity index (χ1n) is 5.77. The summed E-state index contributed by atoms with van der Waals surface area (Å²) in [6.45, 7) is 0. The molecule has 108 valence electrons. The van der Waals surface area contributed by atoms with E-state index < -0.39 is 10.9 Å². The third-order valence-corrected chi connectivity index (χ3v) is 4.76. The molecular formula is C13H15Cl2F3S. The molecule has 0 saturated carbocycles. The van der Waals surface area contributed by atoms with Crippen LogP contribution in [0.25, 0.3) is 0 Å². The number of benzene rings is 1. The Morgan fingerprint density at radius 2 is 1.58 bits per heavy atom. The van der Waals surface area contributed by atoms with Gasteiger partial charge in [0, 0.05) is 22.9 Å². The number of hydrogen-bond acceptors (Lipinski definition) is 1. The standard InChI is InChI=1S/C13H15Cl2F3S/c14-9-12(10-15,6-7-19-13(16,17)18)8-11-4-2-1-3-5-11/h1-5H,6-10H2. The minimum absolute atomic E-state index is 0.0155.